The van der Waals surface area contributed by atoms with Crippen molar-refractivity contribution in [1.82, 2.24) is 29.0 Å². The lowest BCUT2D eigenvalue weighted by molar-refractivity contribution is 0.141. The van der Waals surface area contributed by atoms with E-state index in [4.69, 9.17) is 0 Å². The zero-order valence-electron chi connectivity index (χ0n) is 18.1. The average molecular weight is 465 g/mol. The highest BCUT2D eigenvalue weighted by molar-refractivity contribution is 7.89. The van der Waals surface area contributed by atoms with E-state index in [9.17, 15) is 13.2 Å². The predicted octanol–water partition coefficient (Wildman–Crippen LogP) is 2.18. The van der Waals surface area contributed by atoms with Crippen molar-refractivity contribution in [2.45, 2.75) is 17.9 Å². The summed E-state index contributed by atoms with van der Waals surface area (Å²) in [5, 5.41) is 4.72. The van der Waals surface area contributed by atoms with Crippen molar-refractivity contribution in [3.63, 3.8) is 0 Å². The highest BCUT2D eigenvalue weighted by atomic mass is 32.2. The third kappa shape index (κ3) is 4.08. The Morgan fingerprint density at radius 1 is 0.970 bits per heavy atom. The third-order valence-corrected chi connectivity index (χ3v) is 8.00. The molecule has 1 aliphatic rings. The highest BCUT2D eigenvalue weighted by Crippen LogP contribution is 2.23. The van der Waals surface area contributed by atoms with E-state index in [1.54, 1.807) is 41.2 Å². The van der Waals surface area contributed by atoms with E-state index >= 15 is 0 Å². The molecule has 0 unspecified atom stereocenters. The lowest BCUT2D eigenvalue weighted by Gasteiger charge is -2.37. The van der Waals surface area contributed by atoms with Crippen LogP contribution in [0.2, 0.25) is 0 Å². The number of benzene rings is 2. The van der Waals surface area contributed by atoms with Gasteiger partial charge >= 0.3 is 0 Å². The van der Waals surface area contributed by atoms with E-state index < -0.39 is 10.0 Å². The predicted molar refractivity (Wildman–Crippen MR) is 125 cm³/mol. The Morgan fingerprint density at radius 3 is 2.39 bits per heavy atom. The summed E-state index contributed by atoms with van der Waals surface area (Å²) in [6.07, 6.45) is 3.48. The number of aromatic nitrogens is 4. The third-order valence-electron chi connectivity index (χ3n) is 6.09. The van der Waals surface area contributed by atoms with Crippen LogP contribution in [0.1, 0.15) is 18.8 Å². The Morgan fingerprint density at radius 2 is 1.70 bits per heavy atom. The maximum atomic E-state index is 13.1. The average Bonchev–Trinajstić information content (AvgIpc) is 3.39. The topological polar surface area (TPSA) is 104 Å². The van der Waals surface area contributed by atoms with Crippen LogP contribution in [0.5, 0.6) is 0 Å². The number of piperazine rings is 1. The van der Waals surface area contributed by atoms with E-state index in [1.165, 1.54) is 4.31 Å². The SMILES string of the molecule is C[C@H](c1nc2ccccc2c(=O)[nH]1)N1CCN(S(=O)(=O)c2ccc(-n3cccn3)cc2)CC1. The van der Waals surface area contributed by atoms with Crippen LogP contribution in [-0.4, -0.2) is 63.6 Å². The summed E-state index contributed by atoms with van der Waals surface area (Å²) in [4.78, 5) is 22.3. The number of aromatic amines is 1. The lowest BCUT2D eigenvalue weighted by atomic mass is 10.2. The molecule has 9 nitrogen and oxygen atoms in total. The minimum atomic E-state index is -3.59. The van der Waals surface area contributed by atoms with Crippen LogP contribution in [0.4, 0.5) is 0 Å². The number of para-hydroxylation sites is 1. The van der Waals surface area contributed by atoms with Gasteiger partial charge in [-0.25, -0.2) is 18.1 Å². The fourth-order valence-electron chi connectivity index (χ4n) is 4.15. The molecule has 2 aromatic carbocycles. The van der Waals surface area contributed by atoms with Gasteiger partial charge in [-0.05, 0) is 49.4 Å². The number of fused-ring (bicyclic) bond motifs is 1. The molecule has 0 aliphatic carbocycles. The van der Waals surface area contributed by atoms with Gasteiger partial charge in [0.05, 0.1) is 27.5 Å². The molecule has 10 heteroatoms. The van der Waals surface area contributed by atoms with Gasteiger partial charge in [0.15, 0.2) is 0 Å². The number of H-pyrrole nitrogens is 1. The first kappa shape index (κ1) is 21.5. The summed E-state index contributed by atoms with van der Waals surface area (Å²) in [6, 6.07) is 15.6. The van der Waals surface area contributed by atoms with Gasteiger partial charge in [0.25, 0.3) is 5.56 Å². The summed E-state index contributed by atoms with van der Waals surface area (Å²) >= 11 is 0. The van der Waals surface area contributed by atoms with Gasteiger partial charge in [0.1, 0.15) is 5.82 Å². The van der Waals surface area contributed by atoms with Crippen LogP contribution < -0.4 is 5.56 Å². The number of sulfonamides is 1. The second kappa shape index (κ2) is 8.54. The number of rotatable bonds is 5. The maximum absolute atomic E-state index is 13.1. The molecule has 0 saturated carbocycles. The fraction of sp³-hybridized carbons (Fsp3) is 0.261. The van der Waals surface area contributed by atoms with Crippen molar-refractivity contribution >= 4 is 20.9 Å². The van der Waals surface area contributed by atoms with Crippen LogP contribution in [0, 0.1) is 0 Å². The highest BCUT2D eigenvalue weighted by Gasteiger charge is 2.31. The molecule has 2 aromatic heterocycles. The normalized spacial score (nSPS) is 16.8. The second-order valence-electron chi connectivity index (χ2n) is 8.03. The molecule has 0 radical (unpaired) electrons. The Kier molecular flexibility index (Phi) is 5.57. The van der Waals surface area contributed by atoms with Crippen LogP contribution >= 0.6 is 0 Å². The Bertz CT molecular complexity index is 1420. The minimum absolute atomic E-state index is 0.138. The summed E-state index contributed by atoms with van der Waals surface area (Å²) in [6.45, 7) is 3.80. The summed E-state index contributed by atoms with van der Waals surface area (Å²) < 4.78 is 29.5. The van der Waals surface area contributed by atoms with Crippen molar-refractivity contribution in [1.29, 1.82) is 0 Å². The molecular formula is C23H24N6O3S. The Hall–Kier alpha value is -3.34. The molecule has 1 fully saturated rings. The minimum Gasteiger partial charge on any atom is -0.309 e. The van der Waals surface area contributed by atoms with Crippen molar-refractivity contribution in [2.75, 3.05) is 26.2 Å². The van der Waals surface area contributed by atoms with Crippen LogP contribution in [0.25, 0.3) is 16.6 Å². The molecule has 3 heterocycles. The molecule has 1 saturated heterocycles. The van der Waals surface area contributed by atoms with Gasteiger partial charge in [0, 0.05) is 38.6 Å². The van der Waals surface area contributed by atoms with Crippen molar-refractivity contribution in [2.24, 2.45) is 0 Å². The van der Waals surface area contributed by atoms with Gasteiger partial charge in [-0.2, -0.15) is 9.40 Å². The molecule has 1 N–H and O–H groups in total. The first-order valence-electron chi connectivity index (χ1n) is 10.8. The zero-order valence-corrected chi connectivity index (χ0v) is 18.9. The molecule has 1 aliphatic heterocycles. The number of nitrogens with zero attached hydrogens (tertiary/aromatic N) is 5. The van der Waals surface area contributed by atoms with Gasteiger partial charge < -0.3 is 4.98 Å². The van der Waals surface area contributed by atoms with E-state index in [0.717, 1.165) is 5.69 Å². The van der Waals surface area contributed by atoms with E-state index in [1.807, 2.05) is 37.4 Å². The number of hydrogen-bond acceptors (Lipinski definition) is 6. The molecular weight excluding hydrogens is 440 g/mol. The van der Waals surface area contributed by atoms with E-state index in [2.05, 4.69) is 20.0 Å². The fourth-order valence-corrected chi connectivity index (χ4v) is 5.57. The van der Waals surface area contributed by atoms with E-state index in [-0.39, 0.29) is 16.5 Å². The molecule has 170 valence electrons. The molecule has 5 rings (SSSR count). The lowest BCUT2D eigenvalue weighted by Crippen LogP contribution is -2.49. The van der Waals surface area contributed by atoms with E-state index in [0.29, 0.717) is 42.9 Å². The Labute approximate surface area is 191 Å². The molecule has 0 spiro atoms. The van der Waals surface area contributed by atoms with Crippen LogP contribution in [0.3, 0.4) is 0 Å². The van der Waals surface area contributed by atoms with Crippen molar-refractivity contribution in [3.05, 3.63) is 83.2 Å². The molecule has 0 bridgehead atoms. The summed E-state index contributed by atoms with van der Waals surface area (Å²) in [7, 11) is -3.59. The number of hydrogen-bond donors (Lipinski definition) is 1. The monoisotopic (exact) mass is 464 g/mol. The van der Waals surface area contributed by atoms with Crippen molar-refractivity contribution < 1.29 is 8.42 Å². The largest absolute Gasteiger partial charge is 0.309 e. The molecule has 1 atom stereocenters. The maximum Gasteiger partial charge on any atom is 0.258 e. The van der Waals surface area contributed by atoms with Gasteiger partial charge in [-0.3, -0.25) is 9.69 Å². The van der Waals surface area contributed by atoms with Crippen LogP contribution in [0.15, 0.2) is 76.7 Å². The van der Waals surface area contributed by atoms with Crippen LogP contribution in [-0.2, 0) is 10.0 Å². The van der Waals surface area contributed by atoms with Gasteiger partial charge in [-0.1, -0.05) is 12.1 Å². The second-order valence-corrected chi connectivity index (χ2v) is 9.97. The first-order chi connectivity index (χ1) is 15.9. The summed E-state index contributed by atoms with van der Waals surface area (Å²) in [5.74, 6) is 0.587. The molecule has 0 amide bonds. The standard InChI is InChI=1S/C23H24N6O3S/c1-17(22-25-21-6-3-2-5-20(21)23(30)26-22)27-13-15-28(16-14-27)33(31,32)19-9-7-18(8-10-19)29-12-4-11-24-29/h2-12,17H,13-16H2,1H3,(H,25,26,30)/t17-/m1/s1. The molecule has 4 aromatic rings. The Balaban J connectivity index is 1.29. The summed E-state index contributed by atoms with van der Waals surface area (Å²) in [5.41, 5.74) is 1.29. The molecule has 33 heavy (non-hydrogen) atoms. The smallest absolute Gasteiger partial charge is 0.258 e. The zero-order chi connectivity index (χ0) is 23.0. The number of nitrogens with one attached hydrogen (secondary N) is 1. The van der Waals surface area contributed by atoms with Gasteiger partial charge in [-0.15, -0.1) is 0 Å². The van der Waals surface area contributed by atoms with Crippen molar-refractivity contribution in [3.8, 4) is 5.69 Å². The quantitative estimate of drug-likeness (QED) is 0.486. The van der Waals surface area contributed by atoms with Gasteiger partial charge in [0.2, 0.25) is 10.0 Å². The first-order valence-corrected chi connectivity index (χ1v) is 12.2.